The second kappa shape index (κ2) is 10.9. The van der Waals surface area contributed by atoms with Crippen LogP contribution in [-0.4, -0.2) is 48.6 Å². The molecule has 32 heavy (non-hydrogen) atoms. The molecule has 1 amide bonds. The van der Waals surface area contributed by atoms with Gasteiger partial charge in [-0.15, -0.1) is 10.2 Å². The maximum Gasteiger partial charge on any atom is 0.238 e. The number of hydrogen-bond donors (Lipinski definition) is 2. The van der Waals surface area contributed by atoms with Gasteiger partial charge in [-0.1, -0.05) is 23.4 Å². The Balaban J connectivity index is 1.69. The number of benzene rings is 2. The highest BCUT2D eigenvalue weighted by Gasteiger charge is 2.16. The first-order chi connectivity index (χ1) is 15.3. The lowest BCUT2D eigenvalue weighted by atomic mass is 10.2. The summed E-state index contributed by atoms with van der Waals surface area (Å²) in [5, 5.41) is 17.6. The number of halogens is 1. The van der Waals surface area contributed by atoms with Crippen molar-refractivity contribution in [2.75, 3.05) is 24.8 Å². The van der Waals surface area contributed by atoms with Gasteiger partial charge in [0.1, 0.15) is 0 Å². The van der Waals surface area contributed by atoms with Crippen molar-refractivity contribution in [2.24, 2.45) is 5.14 Å². The molecule has 0 aliphatic rings. The number of thioether (sulfide) groups is 1. The van der Waals surface area contributed by atoms with E-state index < -0.39 is 10.0 Å². The zero-order chi connectivity index (χ0) is 23.1. The van der Waals surface area contributed by atoms with Crippen LogP contribution in [0.25, 0.3) is 11.4 Å². The molecular formula is C20H22ClN5O4S2. The molecular weight excluding hydrogens is 474 g/mol. The van der Waals surface area contributed by atoms with E-state index in [1.54, 1.807) is 19.2 Å². The van der Waals surface area contributed by atoms with Gasteiger partial charge in [-0.05, 0) is 55.0 Å². The van der Waals surface area contributed by atoms with Crippen LogP contribution in [0.15, 0.2) is 58.6 Å². The first kappa shape index (κ1) is 24.2. The van der Waals surface area contributed by atoms with Crippen molar-refractivity contribution in [2.45, 2.75) is 23.0 Å². The number of amides is 1. The van der Waals surface area contributed by atoms with Crippen LogP contribution in [0.4, 0.5) is 5.69 Å². The van der Waals surface area contributed by atoms with Crippen LogP contribution in [0, 0.1) is 0 Å². The van der Waals surface area contributed by atoms with Crippen molar-refractivity contribution < 1.29 is 17.9 Å². The Hall–Kier alpha value is -2.44. The molecule has 0 bridgehead atoms. The molecule has 3 N–H and O–H groups in total. The molecule has 9 nitrogen and oxygen atoms in total. The molecule has 0 saturated heterocycles. The maximum atomic E-state index is 12.4. The number of nitrogens with two attached hydrogens (primary N) is 1. The quantitative estimate of drug-likeness (QED) is 0.326. The number of nitrogens with one attached hydrogen (secondary N) is 1. The highest BCUT2D eigenvalue weighted by atomic mass is 35.5. The number of carbonyl (C=O) groups is 1. The van der Waals surface area contributed by atoms with E-state index in [0.29, 0.717) is 34.8 Å². The minimum Gasteiger partial charge on any atom is -0.385 e. The zero-order valence-corrected chi connectivity index (χ0v) is 19.6. The predicted molar refractivity (Wildman–Crippen MR) is 124 cm³/mol. The van der Waals surface area contributed by atoms with Crippen molar-refractivity contribution in [3.05, 3.63) is 53.6 Å². The molecule has 0 saturated carbocycles. The van der Waals surface area contributed by atoms with Crippen LogP contribution in [0.1, 0.15) is 6.42 Å². The van der Waals surface area contributed by atoms with E-state index in [4.69, 9.17) is 21.5 Å². The number of nitrogens with zero attached hydrogens (tertiary/aromatic N) is 3. The highest BCUT2D eigenvalue weighted by Crippen LogP contribution is 2.26. The molecule has 1 heterocycles. The van der Waals surface area contributed by atoms with Gasteiger partial charge in [0, 0.05) is 36.5 Å². The van der Waals surface area contributed by atoms with Gasteiger partial charge >= 0.3 is 0 Å². The van der Waals surface area contributed by atoms with Crippen LogP contribution < -0.4 is 10.5 Å². The second-order valence-corrected chi connectivity index (χ2v) is 9.66. The van der Waals surface area contributed by atoms with Gasteiger partial charge in [-0.2, -0.15) is 0 Å². The number of aromatic nitrogens is 3. The minimum atomic E-state index is -3.78. The number of rotatable bonds is 10. The van der Waals surface area contributed by atoms with E-state index in [9.17, 15) is 13.2 Å². The van der Waals surface area contributed by atoms with Gasteiger partial charge in [-0.25, -0.2) is 13.6 Å². The summed E-state index contributed by atoms with van der Waals surface area (Å²) in [4.78, 5) is 12.4. The summed E-state index contributed by atoms with van der Waals surface area (Å²) in [6.07, 6.45) is 0.755. The Morgan fingerprint density at radius 1 is 1.16 bits per heavy atom. The van der Waals surface area contributed by atoms with Crippen LogP contribution in [0.3, 0.4) is 0 Å². The molecule has 0 aliphatic heterocycles. The Morgan fingerprint density at radius 2 is 1.84 bits per heavy atom. The van der Waals surface area contributed by atoms with Crippen LogP contribution in [0.2, 0.25) is 5.02 Å². The van der Waals surface area contributed by atoms with E-state index >= 15 is 0 Å². The molecule has 0 fully saturated rings. The van der Waals surface area contributed by atoms with E-state index in [1.807, 2.05) is 16.7 Å². The normalized spacial score (nSPS) is 11.5. The lowest BCUT2D eigenvalue weighted by Crippen LogP contribution is -2.15. The lowest BCUT2D eigenvalue weighted by molar-refractivity contribution is -0.113. The Kier molecular flexibility index (Phi) is 8.26. The number of primary sulfonamides is 1. The summed E-state index contributed by atoms with van der Waals surface area (Å²) in [5.41, 5.74) is 1.33. The Bertz CT molecular complexity index is 1170. The molecule has 0 radical (unpaired) electrons. The largest absolute Gasteiger partial charge is 0.385 e. The average Bonchev–Trinajstić information content (AvgIpc) is 3.15. The van der Waals surface area contributed by atoms with Crippen molar-refractivity contribution in [1.82, 2.24) is 14.8 Å². The summed E-state index contributed by atoms with van der Waals surface area (Å²) < 4.78 is 29.8. The first-order valence-electron chi connectivity index (χ1n) is 9.51. The molecule has 1 aromatic heterocycles. The third kappa shape index (κ3) is 6.53. The van der Waals surface area contributed by atoms with E-state index in [-0.39, 0.29) is 16.6 Å². The van der Waals surface area contributed by atoms with Crippen molar-refractivity contribution >= 4 is 45.0 Å². The third-order valence-corrected chi connectivity index (χ3v) is 6.50. The van der Waals surface area contributed by atoms with Gasteiger partial charge < -0.3 is 14.6 Å². The highest BCUT2D eigenvalue weighted by molar-refractivity contribution is 7.99. The number of carbonyl (C=O) groups excluding carboxylic acids is 1. The smallest absolute Gasteiger partial charge is 0.238 e. The van der Waals surface area contributed by atoms with Crippen molar-refractivity contribution in [3.63, 3.8) is 0 Å². The molecule has 0 spiro atoms. The topological polar surface area (TPSA) is 129 Å². The SMILES string of the molecule is COCCCn1c(SCC(=O)Nc2ccc(S(N)(=O)=O)cc2)nnc1-c1ccc(Cl)cc1. The molecule has 12 heteroatoms. The maximum absolute atomic E-state index is 12.4. The van der Waals surface area contributed by atoms with Crippen LogP contribution in [-0.2, 0) is 26.1 Å². The van der Waals surface area contributed by atoms with Crippen LogP contribution >= 0.6 is 23.4 Å². The van der Waals surface area contributed by atoms with Gasteiger partial charge in [-0.3, -0.25) is 4.79 Å². The number of ether oxygens (including phenoxy) is 1. The van der Waals surface area contributed by atoms with Gasteiger partial charge in [0.25, 0.3) is 0 Å². The molecule has 0 aliphatic carbocycles. The molecule has 2 aromatic carbocycles. The summed E-state index contributed by atoms with van der Waals surface area (Å²) in [5.74, 6) is 0.511. The number of anilines is 1. The number of methoxy groups -OCH3 is 1. The summed E-state index contributed by atoms with van der Waals surface area (Å²) in [6, 6.07) is 12.9. The summed E-state index contributed by atoms with van der Waals surface area (Å²) >= 11 is 7.24. The molecule has 3 aromatic rings. The molecule has 0 unspecified atom stereocenters. The van der Waals surface area contributed by atoms with Crippen molar-refractivity contribution in [3.8, 4) is 11.4 Å². The Morgan fingerprint density at radius 3 is 2.47 bits per heavy atom. The lowest BCUT2D eigenvalue weighted by Gasteiger charge is -2.10. The molecule has 170 valence electrons. The van der Waals surface area contributed by atoms with E-state index in [1.165, 1.54) is 36.0 Å². The van der Waals surface area contributed by atoms with E-state index in [2.05, 4.69) is 15.5 Å². The first-order valence-corrected chi connectivity index (χ1v) is 12.4. The minimum absolute atomic E-state index is 0.0243. The number of hydrogen-bond acceptors (Lipinski definition) is 7. The standard InChI is InChI=1S/C20H22ClN5O4S2/c1-30-12-2-11-26-19(14-3-5-15(21)6-4-14)24-25-20(26)31-13-18(27)23-16-7-9-17(10-8-16)32(22,28)29/h3-10H,2,11-13H2,1H3,(H,23,27)(H2,22,28,29). The number of sulfonamides is 1. The zero-order valence-electron chi connectivity index (χ0n) is 17.2. The van der Waals surface area contributed by atoms with Gasteiger partial charge in [0.2, 0.25) is 15.9 Å². The fourth-order valence-corrected chi connectivity index (χ4v) is 4.24. The fourth-order valence-electron chi connectivity index (χ4n) is 2.83. The van der Waals surface area contributed by atoms with Crippen molar-refractivity contribution in [1.29, 1.82) is 0 Å². The predicted octanol–water partition coefficient (Wildman–Crippen LogP) is 3.01. The van der Waals surface area contributed by atoms with Crippen LogP contribution in [0.5, 0.6) is 0 Å². The monoisotopic (exact) mass is 495 g/mol. The Labute approximate surface area is 195 Å². The van der Waals surface area contributed by atoms with Gasteiger partial charge in [0.05, 0.1) is 10.6 Å². The summed E-state index contributed by atoms with van der Waals surface area (Å²) in [7, 11) is -2.14. The van der Waals surface area contributed by atoms with E-state index in [0.717, 1.165) is 12.0 Å². The van der Waals surface area contributed by atoms with Gasteiger partial charge in [0.15, 0.2) is 11.0 Å². The molecule has 3 rings (SSSR count). The fraction of sp³-hybridized carbons (Fsp3) is 0.250. The average molecular weight is 496 g/mol. The third-order valence-electron chi connectivity index (χ3n) is 4.35. The molecule has 0 atom stereocenters. The second-order valence-electron chi connectivity index (χ2n) is 6.72. The summed E-state index contributed by atoms with van der Waals surface area (Å²) in [6.45, 7) is 1.20.